The minimum atomic E-state index is -3.64. The summed E-state index contributed by atoms with van der Waals surface area (Å²) < 4.78 is 36.0. The summed E-state index contributed by atoms with van der Waals surface area (Å²) in [7, 11) is -3.64. The Bertz CT molecular complexity index is 983. The fraction of sp³-hybridized carbons (Fsp3) is 0.731. The van der Waals surface area contributed by atoms with Gasteiger partial charge in [-0.1, -0.05) is 58.4 Å². The lowest BCUT2D eigenvalue weighted by molar-refractivity contribution is -0.127. The summed E-state index contributed by atoms with van der Waals surface area (Å²) in [5.41, 5.74) is 2.40. The van der Waals surface area contributed by atoms with E-state index in [0.29, 0.717) is 37.7 Å². The van der Waals surface area contributed by atoms with E-state index in [0.717, 1.165) is 24.8 Å². The van der Waals surface area contributed by atoms with Crippen molar-refractivity contribution in [2.45, 2.75) is 102 Å². The first-order valence-electron chi connectivity index (χ1n) is 13.2. The van der Waals surface area contributed by atoms with Crippen molar-refractivity contribution in [2.24, 2.45) is 11.8 Å². The average molecular weight is 507 g/mol. The second-order valence-corrected chi connectivity index (χ2v) is 13.1. The van der Waals surface area contributed by atoms with Gasteiger partial charge in [0.1, 0.15) is 12.5 Å². The summed E-state index contributed by atoms with van der Waals surface area (Å²) >= 11 is 0. The number of carbonyl (C=O) groups excluding carboxylic acids is 1. The normalized spacial score (nSPS) is 33.9. The summed E-state index contributed by atoms with van der Waals surface area (Å²) in [5, 5.41) is 9.41. The Balaban J connectivity index is 1.64. The Morgan fingerprint density at radius 3 is 2.57 bits per heavy atom. The maximum atomic E-state index is 13.4. The molecule has 1 aliphatic carbocycles. The Labute approximate surface area is 210 Å². The third-order valence-corrected chi connectivity index (χ3v) is 9.35. The van der Waals surface area contributed by atoms with Gasteiger partial charge in [-0.25, -0.2) is 8.42 Å². The quantitative estimate of drug-likeness (QED) is 0.500. The Morgan fingerprint density at radius 2 is 1.83 bits per heavy atom. The van der Waals surface area contributed by atoms with Gasteiger partial charge in [0.05, 0.1) is 17.9 Å². The topological polar surface area (TPSA) is 109 Å². The van der Waals surface area contributed by atoms with Gasteiger partial charge in [0.15, 0.2) is 0 Å². The molecule has 1 amide bonds. The highest BCUT2D eigenvalue weighted by Crippen LogP contribution is 2.32. The highest BCUT2D eigenvalue weighted by atomic mass is 32.2. The molecule has 6 atom stereocenters. The van der Waals surface area contributed by atoms with Crippen LogP contribution in [0.3, 0.4) is 0 Å². The van der Waals surface area contributed by atoms with Crippen molar-refractivity contribution in [3.8, 4) is 0 Å². The molecule has 0 radical (unpaired) electrons. The van der Waals surface area contributed by atoms with Crippen molar-refractivity contribution in [2.75, 3.05) is 6.61 Å². The van der Waals surface area contributed by atoms with Gasteiger partial charge in [-0.05, 0) is 48.6 Å². The number of rotatable bonds is 4. The summed E-state index contributed by atoms with van der Waals surface area (Å²) in [6.07, 6.45) is 2.82. The maximum absolute atomic E-state index is 13.4. The monoisotopic (exact) mass is 506 g/mol. The Hall–Kier alpha value is -1.52. The van der Waals surface area contributed by atoms with Gasteiger partial charge in [0.2, 0.25) is 15.9 Å². The van der Waals surface area contributed by atoms with Crippen molar-refractivity contribution in [3.05, 3.63) is 35.4 Å². The Kier molecular flexibility index (Phi) is 8.53. The summed E-state index contributed by atoms with van der Waals surface area (Å²) in [5.74, 6) is 0.416. The number of hydrogen-bond donors (Lipinski definition) is 4. The van der Waals surface area contributed by atoms with Crippen LogP contribution in [0.4, 0.5) is 0 Å². The third kappa shape index (κ3) is 6.63. The molecule has 8 nitrogen and oxygen atoms in total. The molecule has 2 heterocycles. The molecule has 0 spiro atoms. The summed E-state index contributed by atoms with van der Waals surface area (Å²) in [4.78, 5) is 13.1. The molecule has 3 aliphatic rings. The first kappa shape index (κ1) is 26.5. The standard InChI is InChI=1S/C26H42N4O4S/c1-16(2)12-19-15-34-24-14-23(22-11-6-5-10-21(22)17(3)4)28-26(29-24)30-35(32,33)20-9-7-8-18(13-20)25(31)27-19/h5-6,10-11,16-20,23-24,26,28-30H,7-9,12-15H2,1-4H3,(H,27,31)/t18?,19-,20?,23?,24?,26?/m1/s1. The number of fused-ring (bicyclic) bond motifs is 4. The summed E-state index contributed by atoms with van der Waals surface area (Å²) in [6, 6.07) is 8.14. The lowest BCUT2D eigenvalue weighted by atomic mass is 9.88. The van der Waals surface area contributed by atoms with E-state index in [9.17, 15) is 13.2 Å². The van der Waals surface area contributed by atoms with Crippen molar-refractivity contribution in [3.63, 3.8) is 0 Å². The van der Waals surface area contributed by atoms with Crippen LogP contribution in [0, 0.1) is 11.8 Å². The van der Waals surface area contributed by atoms with Gasteiger partial charge in [-0.2, -0.15) is 4.72 Å². The summed E-state index contributed by atoms with van der Waals surface area (Å²) in [6.45, 7) is 9.00. The minimum absolute atomic E-state index is 0.0452. The van der Waals surface area contributed by atoms with E-state index in [2.05, 4.69) is 60.5 Å². The SMILES string of the molecule is CC(C)C[C@@H]1COC2CC(c3ccccc3C(C)C)NC(N2)NS(=O)(=O)C2CCCC(C2)C(=O)N1. The van der Waals surface area contributed by atoms with Crippen molar-refractivity contribution in [1.82, 2.24) is 20.7 Å². The molecule has 1 saturated carbocycles. The Morgan fingerprint density at radius 1 is 1.06 bits per heavy atom. The second-order valence-electron chi connectivity index (χ2n) is 11.1. The van der Waals surface area contributed by atoms with Crippen LogP contribution in [0.5, 0.6) is 0 Å². The van der Waals surface area contributed by atoms with E-state index in [1.54, 1.807) is 0 Å². The molecule has 196 valence electrons. The average Bonchev–Trinajstić information content (AvgIpc) is 2.81. The van der Waals surface area contributed by atoms with Crippen LogP contribution in [0.2, 0.25) is 0 Å². The molecule has 4 N–H and O–H groups in total. The lowest BCUT2D eigenvalue weighted by Crippen LogP contribution is -2.64. The maximum Gasteiger partial charge on any atom is 0.223 e. The predicted octanol–water partition coefficient (Wildman–Crippen LogP) is 3.08. The van der Waals surface area contributed by atoms with Gasteiger partial charge < -0.3 is 10.1 Å². The molecule has 3 fully saturated rings. The highest BCUT2D eigenvalue weighted by molar-refractivity contribution is 7.90. The fourth-order valence-corrected chi connectivity index (χ4v) is 7.37. The molecule has 2 saturated heterocycles. The molecule has 9 heteroatoms. The molecule has 1 aromatic carbocycles. The number of benzene rings is 1. The lowest BCUT2D eigenvalue weighted by Gasteiger charge is -2.39. The van der Waals surface area contributed by atoms with Crippen LogP contribution in [0.1, 0.15) is 89.3 Å². The van der Waals surface area contributed by atoms with E-state index < -0.39 is 21.6 Å². The van der Waals surface area contributed by atoms with Crippen molar-refractivity contribution < 1.29 is 17.9 Å². The smallest absolute Gasteiger partial charge is 0.223 e. The van der Waals surface area contributed by atoms with E-state index >= 15 is 0 Å². The van der Waals surface area contributed by atoms with Crippen molar-refractivity contribution in [1.29, 1.82) is 0 Å². The molecule has 5 unspecified atom stereocenters. The minimum Gasteiger partial charge on any atom is -0.361 e. The number of hydrogen-bond acceptors (Lipinski definition) is 6. The number of sulfonamides is 1. The number of amides is 1. The van der Waals surface area contributed by atoms with E-state index in [1.807, 2.05) is 12.1 Å². The fourth-order valence-electron chi connectivity index (χ4n) is 5.75. The third-order valence-electron chi connectivity index (χ3n) is 7.48. The van der Waals surface area contributed by atoms with Gasteiger partial charge in [-0.15, -0.1) is 0 Å². The van der Waals surface area contributed by atoms with Crippen LogP contribution in [-0.4, -0.2) is 44.7 Å². The molecule has 4 rings (SSSR count). The molecule has 4 bridgehead atoms. The van der Waals surface area contributed by atoms with E-state index in [-0.39, 0.29) is 30.1 Å². The van der Waals surface area contributed by atoms with Crippen LogP contribution >= 0.6 is 0 Å². The number of nitrogens with one attached hydrogen (secondary N) is 4. The van der Waals surface area contributed by atoms with Gasteiger partial charge >= 0.3 is 0 Å². The van der Waals surface area contributed by atoms with Gasteiger partial charge in [0, 0.05) is 18.4 Å². The largest absolute Gasteiger partial charge is 0.361 e. The van der Waals surface area contributed by atoms with Crippen LogP contribution in [0.15, 0.2) is 24.3 Å². The molecule has 35 heavy (non-hydrogen) atoms. The zero-order valence-electron chi connectivity index (χ0n) is 21.4. The van der Waals surface area contributed by atoms with Crippen LogP contribution < -0.4 is 20.7 Å². The molecule has 2 aliphatic heterocycles. The molecular formula is C26H42N4O4S. The van der Waals surface area contributed by atoms with Gasteiger partial charge in [-0.3, -0.25) is 15.4 Å². The number of carbonyl (C=O) groups is 1. The molecule has 0 aromatic heterocycles. The highest BCUT2D eigenvalue weighted by Gasteiger charge is 2.39. The van der Waals surface area contributed by atoms with Gasteiger partial charge in [0.25, 0.3) is 0 Å². The molecule has 1 aromatic rings. The second kappa shape index (κ2) is 11.3. The number of ether oxygens (including phenoxy) is 1. The molecular weight excluding hydrogens is 464 g/mol. The zero-order chi connectivity index (χ0) is 25.2. The van der Waals surface area contributed by atoms with Crippen molar-refractivity contribution >= 4 is 15.9 Å². The van der Waals surface area contributed by atoms with Crippen LogP contribution in [-0.2, 0) is 19.6 Å². The van der Waals surface area contributed by atoms with E-state index in [4.69, 9.17) is 4.74 Å². The van der Waals surface area contributed by atoms with E-state index in [1.165, 1.54) is 5.56 Å². The first-order valence-corrected chi connectivity index (χ1v) is 14.7. The van der Waals surface area contributed by atoms with Crippen LogP contribution in [0.25, 0.3) is 0 Å². The first-order chi connectivity index (χ1) is 16.6. The zero-order valence-corrected chi connectivity index (χ0v) is 22.2. The predicted molar refractivity (Wildman–Crippen MR) is 137 cm³/mol.